The van der Waals surface area contributed by atoms with Gasteiger partial charge >= 0.3 is 0 Å². The molecule has 25 heavy (non-hydrogen) atoms. The molecule has 0 saturated carbocycles. The van der Waals surface area contributed by atoms with Crippen LogP contribution in [-0.4, -0.2) is 15.0 Å². The van der Waals surface area contributed by atoms with Crippen molar-refractivity contribution in [2.45, 2.75) is 33.6 Å². The number of aryl methyl sites for hydroxylation is 1. The Morgan fingerprint density at radius 2 is 2.28 bits per heavy atom. The van der Waals surface area contributed by atoms with Crippen LogP contribution >= 0.6 is 22.9 Å². The Kier molecular flexibility index (Phi) is 5.35. The van der Waals surface area contributed by atoms with Crippen LogP contribution in [0.15, 0.2) is 29.3 Å². The number of fused-ring (bicyclic) bond motifs is 1. The fraction of sp³-hybridized carbons (Fsp3) is 0.316. The normalized spacial score (nSPS) is 13.4. The second-order valence-corrected chi connectivity index (χ2v) is 7.84. The number of hydrogen-bond donors (Lipinski definition) is 1. The number of pyridine rings is 1. The van der Waals surface area contributed by atoms with E-state index in [9.17, 15) is 4.79 Å². The molecule has 0 aliphatic rings. The molecule has 0 radical (unpaired) electrons. The predicted octanol–water partition coefficient (Wildman–Crippen LogP) is 5.01. The van der Waals surface area contributed by atoms with E-state index in [2.05, 4.69) is 35.7 Å². The van der Waals surface area contributed by atoms with Crippen molar-refractivity contribution in [3.63, 3.8) is 0 Å². The van der Waals surface area contributed by atoms with E-state index in [0.717, 1.165) is 33.7 Å². The highest BCUT2D eigenvalue weighted by atomic mass is 35.5. The van der Waals surface area contributed by atoms with Crippen molar-refractivity contribution in [2.75, 3.05) is 0 Å². The van der Waals surface area contributed by atoms with Crippen LogP contribution in [-0.2, 0) is 6.42 Å². The minimum atomic E-state index is -0.125. The van der Waals surface area contributed by atoms with Gasteiger partial charge in [-0.2, -0.15) is 0 Å². The van der Waals surface area contributed by atoms with Crippen molar-refractivity contribution in [3.05, 3.63) is 56.7 Å². The highest BCUT2D eigenvalue weighted by molar-refractivity contribution is 7.18. The Hall–Kier alpha value is -1.98. The summed E-state index contributed by atoms with van der Waals surface area (Å²) in [4.78, 5) is 26.0. The lowest BCUT2D eigenvalue weighted by molar-refractivity contribution is 0.561. The van der Waals surface area contributed by atoms with E-state index in [-0.39, 0.29) is 5.56 Å². The van der Waals surface area contributed by atoms with Gasteiger partial charge in [-0.1, -0.05) is 37.9 Å². The summed E-state index contributed by atoms with van der Waals surface area (Å²) in [6.45, 7) is 6.42. The molecule has 6 heteroatoms. The molecule has 3 aromatic heterocycles. The van der Waals surface area contributed by atoms with Gasteiger partial charge in [-0.15, -0.1) is 11.3 Å². The number of H-pyrrole nitrogens is 1. The van der Waals surface area contributed by atoms with Gasteiger partial charge in [0.05, 0.1) is 10.4 Å². The summed E-state index contributed by atoms with van der Waals surface area (Å²) < 4.78 is 0. The molecule has 0 aliphatic heterocycles. The number of thiophene rings is 1. The quantitative estimate of drug-likeness (QED) is 0.683. The number of nitrogens with zero attached hydrogens (tertiary/aromatic N) is 2. The molecular weight excluding hydrogens is 354 g/mol. The van der Waals surface area contributed by atoms with Crippen LogP contribution in [0.5, 0.6) is 0 Å². The number of rotatable bonds is 5. The highest BCUT2D eigenvalue weighted by Crippen LogP contribution is 2.30. The zero-order chi connectivity index (χ0) is 18.0. The summed E-state index contributed by atoms with van der Waals surface area (Å²) in [5.41, 5.74) is 1.84. The van der Waals surface area contributed by atoms with Gasteiger partial charge in [-0.05, 0) is 42.5 Å². The van der Waals surface area contributed by atoms with Crippen LogP contribution in [0.2, 0.25) is 0 Å². The Morgan fingerprint density at radius 1 is 1.48 bits per heavy atom. The van der Waals surface area contributed by atoms with Crippen LogP contribution < -0.4 is 5.56 Å². The molecule has 0 spiro atoms. The molecule has 0 amide bonds. The molecule has 0 bridgehead atoms. The third-order valence-corrected chi connectivity index (χ3v) is 5.65. The standard InChI is InChI=1S/C19H20ClN3OS/c1-4-11(2)8-14-12(3)25-19-16(14)18(24)22-17(23-19)15(20)9-13-6-5-7-21-10-13/h5-7,9-11H,4,8H2,1-3H3,(H,22,23,24)/b15-9-/t11-/m0/s1. The Balaban J connectivity index is 2.06. The lowest BCUT2D eigenvalue weighted by Gasteiger charge is -2.08. The number of aromatic nitrogens is 3. The third-order valence-electron chi connectivity index (χ3n) is 4.32. The Labute approximate surface area is 155 Å². The first-order valence-corrected chi connectivity index (χ1v) is 9.49. The molecule has 130 valence electrons. The van der Waals surface area contributed by atoms with E-state index in [1.54, 1.807) is 29.8 Å². The third kappa shape index (κ3) is 3.83. The molecule has 0 fully saturated rings. The van der Waals surface area contributed by atoms with Crippen LogP contribution in [0.1, 0.15) is 42.1 Å². The summed E-state index contributed by atoms with van der Waals surface area (Å²) in [5.74, 6) is 0.920. The number of nitrogens with one attached hydrogen (secondary N) is 1. The van der Waals surface area contributed by atoms with Crippen LogP contribution in [0.4, 0.5) is 0 Å². The van der Waals surface area contributed by atoms with E-state index in [0.29, 0.717) is 22.2 Å². The van der Waals surface area contributed by atoms with Crippen LogP contribution in [0, 0.1) is 12.8 Å². The molecule has 3 aromatic rings. The average molecular weight is 374 g/mol. The fourth-order valence-electron chi connectivity index (χ4n) is 2.70. The minimum absolute atomic E-state index is 0.125. The van der Waals surface area contributed by atoms with Crippen LogP contribution in [0.3, 0.4) is 0 Å². The monoisotopic (exact) mass is 373 g/mol. The molecular formula is C19H20ClN3OS. The first kappa shape index (κ1) is 17.8. The minimum Gasteiger partial charge on any atom is -0.305 e. The molecule has 1 atom stereocenters. The maximum absolute atomic E-state index is 12.7. The van der Waals surface area contributed by atoms with Gasteiger partial charge in [0, 0.05) is 17.3 Å². The molecule has 1 N–H and O–H groups in total. The van der Waals surface area contributed by atoms with Gasteiger partial charge in [0.2, 0.25) is 0 Å². The summed E-state index contributed by atoms with van der Waals surface area (Å²) in [6.07, 6.45) is 7.13. The zero-order valence-corrected chi connectivity index (χ0v) is 16.0. The van der Waals surface area contributed by atoms with Crippen molar-refractivity contribution >= 4 is 44.3 Å². The smallest absolute Gasteiger partial charge is 0.260 e. The summed E-state index contributed by atoms with van der Waals surface area (Å²) >= 11 is 7.93. The van der Waals surface area contributed by atoms with Gasteiger partial charge in [0.1, 0.15) is 4.83 Å². The largest absolute Gasteiger partial charge is 0.305 e. The van der Waals surface area contributed by atoms with Gasteiger partial charge in [0.25, 0.3) is 5.56 Å². The van der Waals surface area contributed by atoms with Gasteiger partial charge < -0.3 is 4.98 Å². The number of aromatic amines is 1. The van der Waals surface area contributed by atoms with Gasteiger partial charge in [-0.3, -0.25) is 9.78 Å². The van der Waals surface area contributed by atoms with Gasteiger partial charge in [0.15, 0.2) is 5.82 Å². The number of hydrogen-bond acceptors (Lipinski definition) is 4. The fourth-order valence-corrected chi connectivity index (χ4v) is 3.97. The summed E-state index contributed by atoms with van der Waals surface area (Å²) in [7, 11) is 0. The molecule has 0 saturated heterocycles. The van der Waals surface area contributed by atoms with Crippen molar-refractivity contribution < 1.29 is 0 Å². The predicted molar refractivity (Wildman–Crippen MR) is 106 cm³/mol. The SMILES string of the molecule is CC[C@H](C)Cc1c(C)sc2nc(/C(Cl)=C/c3cccnc3)[nH]c(=O)c12. The molecule has 0 aliphatic carbocycles. The first-order chi connectivity index (χ1) is 12.0. The molecule has 3 rings (SSSR count). The van der Waals surface area contributed by atoms with Crippen molar-refractivity contribution in [1.82, 2.24) is 15.0 Å². The first-order valence-electron chi connectivity index (χ1n) is 8.29. The maximum atomic E-state index is 12.7. The van der Waals surface area contributed by atoms with E-state index in [4.69, 9.17) is 11.6 Å². The summed E-state index contributed by atoms with van der Waals surface area (Å²) in [6, 6.07) is 3.73. The number of halogens is 1. The maximum Gasteiger partial charge on any atom is 0.260 e. The average Bonchev–Trinajstić information content (AvgIpc) is 2.91. The molecule has 3 heterocycles. The zero-order valence-electron chi connectivity index (χ0n) is 14.5. The van der Waals surface area contributed by atoms with E-state index in [1.165, 1.54) is 0 Å². The van der Waals surface area contributed by atoms with Crippen molar-refractivity contribution in [3.8, 4) is 0 Å². The molecule has 4 nitrogen and oxygen atoms in total. The summed E-state index contributed by atoms with van der Waals surface area (Å²) in [5, 5.41) is 1.10. The highest BCUT2D eigenvalue weighted by Gasteiger charge is 2.17. The lowest BCUT2D eigenvalue weighted by Crippen LogP contribution is -2.12. The van der Waals surface area contributed by atoms with Gasteiger partial charge in [-0.25, -0.2) is 4.98 Å². The molecule has 0 aromatic carbocycles. The Bertz CT molecular complexity index is 975. The second kappa shape index (κ2) is 7.50. The lowest BCUT2D eigenvalue weighted by atomic mass is 9.98. The molecule has 0 unspecified atom stereocenters. The topological polar surface area (TPSA) is 58.6 Å². The van der Waals surface area contributed by atoms with E-state index < -0.39 is 0 Å². The van der Waals surface area contributed by atoms with E-state index in [1.807, 2.05) is 12.1 Å². The van der Waals surface area contributed by atoms with E-state index >= 15 is 0 Å². The van der Waals surface area contributed by atoms with Crippen LogP contribution in [0.25, 0.3) is 21.3 Å². The second-order valence-electron chi connectivity index (χ2n) is 6.23. The van der Waals surface area contributed by atoms with Crippen molar-refractivity contribution in [1.29, 1.82) is 0 Å². The van der Waals surface area contributed by atoms with Crippen molar-refractivity contribution in [2.24, 2.45) is 5.92 Å². The Morgan fingerprint density at radius 3 is 2.96 bits per heavy atom.